The molecule has 1 aliphatic rings. The number of carboxylic acid groups (broad SMARTS) is 1. The summed E-state index contributed by atoms with van der Waals surface area (Å²) in [6.45, 7) is 0. The Morgan fingerprint density at radius 1 is 1.57 bits per heavy atom. The molecule has 0 spiro atoms. The Kier molecular flexibility index (Phi) is 2.73. The van der Waals surface area contributed by atoms with Gasteiger partial charge < -0.3 is 5.11 Å². The number of carbonyl (C=O) groups is 3. The molecular formula is C7H6N2O5. The highest BCUT2D eigenvalue weighted by Crippen LogP contribution is 2.15. The lowest BCUT2D eigenvalue weighted by Gasteiger charge is -2.23. The zero-order chi connectivity index (χ0) is 10.7. The molecule has 1 N–H and O–H groups in total. The molecule has 1 saturated heterocycles. The number of aliphatic imine (C=N–C) groups is 1. The van der Waals surface area contributed by atoms with Gasteiger partial charge in [-0.05, 0) is 6.42 Å². The molecule has 7 heteroatoms. The molecule has 0 aromatic carbocycles. The molecule has 7 nitrogen and oxygen atoms in total. The smallest absolute Gasteiger partial charge is 0.421 e. The number of isocyanates is 1. The minimum absolute atomic E-state index is 0.0523. The zero-order valence-corrected chi connectivity index (χ0v) is 6.97. The van der Waals surface area contributed by atoms with Gasteiger partial charge in [0, 0.05) is 6.42 Å². The quantitative estimate of drug-likeness (QED) is 0.348. The molecule has 0 saturated carbocycles. The summed E-state index contributed by atoms with van der Waals surface area (Å²) in [5.41, 5.74) is 0. The maximum Gasteiger partial charge on any atom is 0.421 e. The summed E-state index contributed by atoms with van der Waals surface area (Å²) in [6.07, 6.45) is -0.547. The molecule has 3 amide bonds. The summed E-state index contributed by atoms with van der Waals surface area (Å²) in [6, 6.07) is -1.10. The van der Waals surface area contributed by atoms with Gasteiger partial charge in [0.15, 0.2) is 0 Å². The molecule has 1 unspecified atom stereocenters. The van der Waals surface area contributed by atoms with Crippen LogP contribution in [0.4, 0.5) is 4.79 Å². The van der Waals surface area contributed by atoms with Crippen LogP contribution in [0.3, 0.4) is 0 Å². The van der Waals surface area contributed by atoms with E-state index in [0.717, 1.165) is 0 Å². The van der Waals surface area contributed by atoms with Crippen LogP contribution in [0, 0.1) is 0 Å². The molecule has 1 aliphatic heterocycles. The molecule has 14 heavy (non-hydrogen) atoms. The monoisotopic (exact) mass is 198 g/mol. The van der Waals surface area contributed by atoms with E-state index in [4.69, 9.17) is 5.11 Å². The van der Waals surface area contributed by atoms with Crippen molar-refractivity contribution in [3.05, 3.63) is 0 Å². The fourth-order valence-electron chi connectivity index (χ4n) is 1.15. The standard InChI is InChI=1S/C7H6N2O5/c10-3-8-4-1-2-5(11)9(6(4)12)7(13)14/h4H,1-2H2,(H,13,14). The summed E-state index contributed by atoms with van der Waals surface area (Å²) >= 11 is 0. The van der Waals surface area contributed by atoms with Gasteiger partial charge in [0.1, 0.15) is 6.04 Å². The van der Waals surface area contributed by atoms with Crippen molar-refractivity contribution < 1.29 is 24.3 Å². The van der Waals surface area contributed by atoms with E-state index >= 15 is 0 Å². The molecule has 0 aromatic heterocycles. The third-order valence-corrected chi connectivity index (χ3v) is 1.79. The van der Waals surface area contributed by atoms with Gasteiger partial charge in [-0.25, -0.2) is 9.59 Å². The Morgan fingerprint density at radius 2 is 2.21 bits per heavy atom. The summed E-state index contributed by atoms with van der Waals surface area (Å²) < 4.78 is 0. The Morgan fingerprint density at radius 3 is 2.71 bits per heavy atom. The fourth-order valence-corrected chi connectivity index (χ4v) is 1.15. The van der Waals surface area contributed by atoms with Gasteiger partial charge in [-0.3, -0.25) is 9.59 Å². The van der Waals surface area contributed by atoms with Crippen LogP contribution in [-0.4, -0.2) is 40.0 Å². The number of rotatable bonds is 1. The first-order chi connectivity index (χ1) is 6.57. The first kappa shape index (κ1) is 10.1. The van der Waals surface area contributed by atoms with E-state index in [0.29, 0.717) is 0 Å². The van der Waals surface area contributed by atoms with Gasteiger partial charge in [0.05, 0.1) is 0 Å². The fraction of sp³-hybridized carbons (Fsp3) is 0.429. The average molecular weight is 198 g/mol. The average Bonchev–Trinajstić information content (AvgIpc) is 2.10. The number of nitrogens with zero attached hydrogens (tertiary/aromatic N) is 2. The maximum absolute atomic E-state index is 11.2. The molecule has 1 atom stereocenters. The largest absolute Gasteiger partial charge is 0.464 e. The van der Waals surface area contributed by atoms with Gasteiger partial charge in [0.25, 0.3) is 5.91 Å². The number of hydrogen-bond donors (Lipinski definition) is 1. The van der Waals surface area contributed by atoms with E-state index in [1.165, 1.54) is 6.08 Å². The number of imide groups is 3. The molecule has 1 fully saturated rings. The van der Waals surface area contributed by atoms with E-state index < -0.39 is 23.9 Å². The molecule has 0 aliphatic carbocycles. The van der Waals surface area contributed by atoms with Crippen molar-refractivity contribution in [3.63, 3.8) is 0 Å². The topological polar surface area (TPSA) is 104 Å². The highest BCUT2D eigenvalue weighted by Gasteiger charge is 2.38. The van der Waals surface area contributed by atoms with Crippen molar-refractivity contribution in [1.82, 2.24) is 4.90 Å². The number of piperidine rings is 1. The van der Waals surface area contributed by atoms with Crippen LogP contribution in [0.1, 0.15) is 12.8 Å². The number of amides is 3. The minimum Gasteiger partial charge on any atom is -0.464 e. The van der Waals surface area contributed by atoms with Crippen LogP contribution < -0.4 is 0 Å². The van der Waals surface area contributed by atoms with Gasteiger partial charge in [-0.1, -0.05) is 0 Å². The van der Waals surface area contributed by atoms with Gasteiger partial charge in [-0.2, -0.15) is 9.89 Å². The van der Waals surface area contributed by atoms with Crippen LogP contribution in [0.15, 0.2) is 4.99 Å². The van der Waals surface area contributed by atoms with Crippen LogP contribution in [0.25, 0.3) is 0 Å². The Bertz CT molecular complexity index is 344. The van der Waals surface area contributed by atoms with Crippen LogP contribution >= 0.6 is 0 Å². The molecule has 74 valence electrons. The normalized spacial score (nSPS) is 21.7. The lowest BCUT2D eigenvalue weighted by molar-refractivity contribution is -0.145. The summed E-state index contributed by atoms with van der Waals surface area (Å²) in [4.78, 5) is 45.7. The van der Waals surface area contributed by atoms with Crippen molar-refractivity contribution in [3.8, 4) is 0 Å². The molecular weight excluding hydrogens is 192 g/mol. The van der Waals surface area contributed by atoms with Gasteiger partial charge in [0.2, 0.25) is 12.0 Å². The van der Waals surface area contributed by atoms with Crippen molar-refractivity contribution in [2.75, 3.05) is 0 Å². The van der Waals surface area contributed by atoms with E-state index in [2.05, 4.69) is 4.99 Å². The molecule has 0 bridgehead atoms. The maximum atomic E-state index is 11.2. The van der Waals surface area contributed by atoms with E-state index in [1.54, 1.807) is 0 Å². The van der Waals surface area contributed by atoms with Crippen LogP contribution in [-0.2, 0) is 14.4 Å². The first-order valence-corrected chi connectivity index (χ1v) is 3.74. The van der Waals surface area contributed by atoms with Gasteiger partial charge >= 0.3 is 6.09 Å². The van der Waals surface area contributed by atoms with Crippen LogP contribution in [0.5, 0.6) is 0 Å². The highest BCUT2D eigenvalue weighted by atomic mass is 16.4. The van der Waals surface area contributed by atoms with Crippen LogP contribution in [0.2, 0.25) is 0 Å². The SMILES string of the molecule is O=C=NC1CCC(=O)N(C(=O)O)C1=O. The Hall–Kier alpha value is -2.01. The number of carbonyl (C=O) groups excluding carboxylic acids is 3. The minimum atomic E-state index is -1.65. The summed E-state index contributed by atoms with van der Waals surface area (Å²) in [5, 5.41) is 8.51. The number of hydrogen-bond acceptors (Lipinski definition) is 5. The second-order valence-electron chi connectivity index (χ2n) is 2.62. The van der Waals surface area contributed by atoms with Crippen molar-refractivity contribution in [2.45, 2.75) is 18.9 Å². The second kappa shape index (κ2) is 3.80. The van der Waals surface area contributed by atoms with Crippen molar-refractivity contribution >= 4 is 24.0 Å². The van der Waals surface area contributed by atoms with E-state index in [1.807, 2.05) is 0 Å². The van der Waals surface area contributed by atoms with E-state index in [-0.39, 0.29) is 17.7 Å². The predicted molar refractivity (Wildman–Crippen MR) is 41.0 cm³/mol. The van der Waals surface area contributed by atoms with E-state index in [9.17, 15) is 19.2 Å². The first-order valence-electron chi connectivity index (χ1n) is 3.74. The second-order valence-corrected chi connectivity index (χ2v) is 2.62. The summed E-state index contributed by atoms with van der Waals surface area (Å²) in [5.74, 6) is -1.78. The number of likely N-dealkylation sites (tertiary alicyclic amines) is 1. The third kappa shape index (κ3) is 1.67. The lowest BCUT2D eigenvalue weighted by Crippen LogP contribution is -2.49. The molecule has 0 radical (unpaired) electrons. The van der Waals surface area contributed by atoms with Crippen molar-refractivity contribution in [2.24, 2.45) is 4.99 Å². The Labute approximate surface area is 78.0 Å². The highest BCUT2D eigenvalue weighted by molar-refractivity contribution is 6.11. The molecule has 1 rings (SSSR count). The lowest BCUT2D eigenvalue weighted by atomic mass is 10.1. The molecule has 1 heterocycles. The third-order valence-electron chi connectivity index (χ3n) is 1.79. The Balaban J connectivity index is 2.93. The molecule has 0 aromatic rings. The zero-order valence-electron chi connectivity index (χ0n) is 6.97. The van der Waals surface area contributed by atoms with Crippen molar-refractivity contribution in [1.29, 1.82) is 0 Å². The van der Waals surface area contributed by atoms with Gasteiger partial charge in [-0.15, -0.1) is 0 Å². The predicted octanol–water partition coefficient (Wildman–Crippen LogP) is -0.482. The summed E-state index contributed by atoms with van der Waals surface area (Å²) in [7, 11) is 0.